The van der Waals surface area contributed by atoms with Gasteiger partial charge in [0.1, 0.15) is 0 Å². The van der Waals surface area contributed by atoms with Crippen LogP contribution in [0, 0.1) is 0 Å². The maximum atomic E-state index is 2.30. The molecule has 0 spiro atoms. The fourth-order valence-corrected chi connectivity index (χ4v) is 9.69. The quantitative estimate of drug-likeness (QED) is 0.148. The zero-order valence-electron chi connectivity index (χ0n) is 23.2. The molecular weight excluding hydrogens is 554 g/mol. The Balaban J connectivity index is 0.000000434. The monoisotopic (exact) mass is 597 g/mol. The van der Waals surface area contributed by atoms with Crippen molar-refractivity contribution in [3.63, 3.8) is 0 Å². The summed E-state index contributed by atoms with van der Waals surface area (Å²) in [6, 6.07) is 44.2. The van der Waals surface area contributed by atoms with Gasteiger partial charge in [-0.1, -0.05) is 173 Å². The van der Waals surface area contributed by atoms with E-state index in [4.69, 9.17) is 0 Å². The Morgan fingerprint density at radius 3 is 0.789 bits per heavy atom. The molecule has 1 aliphatic rings. The summed E-state index contributed by atoms with van der Waals surface area (Å²) in [6.45, 7) is 6.81. The van der Waals surface area contributed by atoms with Gasteiger partial charge in [0.2, 0.25) is 0 Å². The van der Waals surface area contributed by atoms with E-state index < -0.39 is 0 Å². The minimum atomic E-state index is -0.348. The van der Waals surface area contributed by atoms with Crippen molar-refractivity contribution in [3.8, 4) is 0 Å². The van der Waals surface area contributed by atoms with Crippen molar-refractivity contribution in [2.45, 2.75) is 51.7 Å². The summed E-state index contributed by atoms with van der Waals surface area (Å²) in [4.78, 5) is 0. The van der Waals surface area contributed by atoms with E-state index in [2.05, 4.69) is 141 Å². The number of hydrogen-bond donors (Lipinski definition) is 0. The zero-order valence-corrected chi connectivity index (χ0v) is 27.1. The molecule has 0 amide bonds. The van der Waals surface area contributed by atoms with Crippen LogP contribution in [0.4, 0.5) is 0 Å². The molecular formula is C34H43FeP2Si. The van der Waals surface area contributed by atoms with Gasteiger partial charge in [0, 0.05) is 25.9 Å². The molecule has 0 nitrogen and oxygen atoms in total. The van der Waals surface area contributed by atoms with Crippen molar-refractivity contribution in [2.75, 3.05) is 12.3 Å². The van der Waals surface area contributed by atoms with Gasteiger partial charge in [-0.25, -0.2) is 0 Å². The fraction of sp³-hybridized carbons (Fsp3) is 0.294. The minimum Gasteiger partial charge on any atom is -0.0715 e. The molecule has 1 fully saturated rings. The van der Waals surface area contributed by atoms with E-state index in [1.54, 1.807) is 0 Å². The van der Waals surface area contributed by atoms with Gasteiger partial charge in [-0.15, -0.1) is 0 Å². The second-order valence-electron chi connectivity index (χ2n) is 9.91. The van der Waals surface area contributed by atoms with Crippen molar-refractivity contribution < 1.29 is 17.1 Å². The van der Waals surface area contributed by atoms with Crippen LogP contribution < -0.4 is 21.2 Å². The summed E-state index contributed by atoms with van der Waals surface area (Å²) in [5.41, 5.74) is 0. The third-order valence-corrected chi connectivity index (χ3v) is 11.4. The third-order valence-electron chi connectivity index (χ3n) is 6.07. The Kier molecular flexibility index (Phi) is 16.8. The molecule has 4 aromatic carbocycles. The summed E-state index contributed by atoms with van der Waals surface area (Å²) >= 11 is 0. The first kappa shape index (κ1) is 32.7. The molecule has 1 aliphatic carbocycles. The smallest absolute Gasteiger partial charge is 0.0379 e. The minimum absolute atomic E-state index is 0. The van der Waals surface area contributed by atoms with Gasteiger partial charge in [0.15, 0.2) is 0 Å². The largest absolute Gasteiger partial charge is 0.0715 e. The molecule has 1 radical (unpaired) electrons. The van der Waals surface area contributed by atoms with Crippen LogP contribution in [0.5, 0.6) is 0 Å². The van der Waals surface area contributed by atoms with Gasteiger partial charge in [-0.2, -0.15) is 0 Å². The van der Waals surface area contributed by atoms with Crippen molar-refractivity contribution >= 4 is 45.9 Å². The summed E-state index contributed by atoms with van der Waals surface area (Å²) in [5, 5.41) is 5.89. The predicted molar refractivity (Wildman–Crippen MR) is 174 cm³/mol. The van der Waals surface area contributed by atoms with Crippen molar-refractivity contribution in [1.82, 2.24) is 0 Å². The van der Waals surface area contributed by atoms with Gasteiger partial charge >= 0.3 is 0 Å². The van der Waals surface area contributed by atoms with Crippen LogP contribution in [-0.2, 0) is 17.1 Å². The molecule has 0 aromatic heterocycles. The van der Waals surface area contributed by atoms with E-state index in [-0.39, 0.29) is 41.7 Å². The first-order valence-corrected chi connectivity index (χ1v) is 19.7. The second kappa shape index (κ2) is 19.5. The summed E-state index contributed by atoms with van der Waals surface area (Å²) < 4.78 is 0. The standard InChI is InChI=1S/C26H24P2.C5H10.C3H9Si.Fe/c1-5-13-23(14-6-1)27(24-15-7-2-8-16-24)21-22-28(25-17-9-3-10-18-25)26-19-11-4-12-20-26;1-2-4-5-3-1;1-4(2)3;/h1-20H,21-22H2;1-5H2;1-3H3;. The molecule has 0 heterocycles. The van der Waals surface area contributed by atoms with Crippen LogP contribution in [0.3, 0.4) is 0 Å². The molecule has 0 bridgehead atoms. The average Bonchev–Trinajstić information content (AvgIpc) is 3.54. The average molecular weight is 598 g/mol. The predicted octanol–water partition coefficient (Wildman–Crippen LogP) is 8.57. The fourth-order valence-electron chi connectivity index (χ4n) is 4.33. The molecule has 5 rings (SSSR count). The Morgan fingerprint density at radius 2 is 0.605 bits per heavy atom. The van der Waals surface area contributed by atoms with Crippen LogP contribution >= 0.6 is 15.8 Å². The molecule has 4 heteroatoms. The van der Waals surface area contributed by atoms with E-state index >= 15 is 0 Å². The first-order valence-electron chi connectivity index (χ1n) is 13.7. The van der Waals surface area contributed by atoms with Crippen LogP contribution in [0.1, 0.15) is 32.1 Å². The van der Waals surface area contributed by atoms with Crippen LogP contribution in [0.25, 0.3) is 0 Å². The van der Waals surface area contributed by atoms with Crippen LogP contribution in [0.15, 0.2) is 121 Å². The van der Waals surface area contributed by atoms with Crippen molar-refractivity contribution in [3.05, 3.63) is 121 Å². The van der Waals surface area contributed by atoms with Crippen LogP contribution in [-0.4, -0.2) is 21.1 Å². The summed E-state index contributed by atoms with van der Waals surface area (Å²) in [7, 11) is -0.575. The Morgan fingerprint density at radius 1 is 0.421 bits per heavy atom. The van der Waals surface area contributed by atoms with E-state index in [0.717, 1.165) is 0 Å². The van der Waals surface area contributed by atoms with E-state index in [9.17, 15) is 0 Å². The molecule has 0 unspecified atom stereocenters. The number of benzene rings is 4. The van der Waals surface area contributed by atoms with Gasteiger partial charge in [0.05, 0.1) is 0 Å². The summed E-state index contributed by atoms with van der Waals surface area (Å²) in [6.07, 6.45) is 9.91. The molecule has 4 aromatic rings. The topological polar surface area (TPSA) is 0 Å². The second-order valence-corrected chi connectivity index (χ2v) is 17.6. The Hall–Kier alpha value is -1.52. The Bertz CT molecular complexity index is 916. The van der Waals surface area contributed by atoms with Gasteiger partial charge < -0.3 is 0 Å². The molecule has 0 aliphatic heterocycles. The maximum absolute atomic E-state index is 2.30. The number of rotatable bonds is 7. The van der Waals surface area contributed by atoms with Gasteiger partial charge in [-0.3, -0.25) is 0 Å². The molecule has 38 heavy (non-hydrogen) atoms. The number of hydrogen-bond acceptors (Lipinski definition) is 0. The SMILES string of the molecule is C1CCCC1.C[Si](C)C.[Fe].c1ccc(P(CCP(c2ccccc2)c2ccccc2)c2ccccc2)cc1. The third kappa shape index (κ3) is 12.1. The molecule has 0 atom stereocenters. The van der Waals surface area contributed by atoms with Gasteiger partial charge in [0.25, 0.3) is 0 Å². The summed E-state index contributed by atoms with van der Waals surface area (Å²) in [5.74, 6) is 0. The van der Waals surface area contributed by atoms with Crippen molar-refractivity contribution in [1.29, 1.82) is 0 Å². The molecule has 201 valence electrons. The maximum Gasteiger partial charge on any atom is 0.0379 e. The Labute approximate surface area is 247 Å². The molecule has 1 saturated carbocycles. The molecule has 0 N–H and O–H groups in total. The molecule has 0 saturated heterocycles. The normalized spacial score (nSPS) is 12.3. The van der Waals surface area contributed by atoms with E-state index in [0.29, 0.717) is 0 Å². The zero-order chi connectivity index (χ0) is 26.1. The van der Waals surface area contributed by atoms with E-state index in [1.165, 1.54) is 65.6 Å². The van der Waals surface area contributed by atoms with E-state index in [1.807, 2.05) is 0 Å². The van der Waals surface area contributed by atoms with Crippen molar-refractivity contribution in [2.24, 2.45) is 0 Å². The van der Waals surface area contributed by atoms with Gasteiger partial charge in [-0.05, 0) is 49.4 Å². The first-order chi connectivity index (χ1) is 18.1. The van der Waals surface area contributed by atoms with Crippen LogP contribution in [0.2, 0.25) is 19.6 Å².